The highest BCUT2D eigenvalue weighted by molar-refractivity contribution is 6.00. The molecule has 3 N–H and O–H groups in total. The van der Waals surface area contributed by atoms with E-state index in [4.69, 9.17) is 20.4 Å². The van der Waals surface area contributed by atoms with E-state index in [9.17, 15) is 9.59 Å². The van der Waals surface area contributed by atoms with Gasteiger partial charge in [0, 0.05) is 50.1 Å². The van der Waals surface area contributed by atoms with Gasteiger partial charge in [0.1, 0.15) is 16.9 Å². The third kappa shape index (κ3) is 5.79. The molecule has 4 aromatic rings. The van der Waals surface area contributed by atoms with Crippen molar-refractivity contribution in [1.82, 2.24) is 29.3 Å². The second-order valence-corrected chi connectivity index (χ2v) is 13.5. The van der Waals surface area contributed by atoms with Gasteiger partial charge in [0.05, 0.1) is 30.1 Å². The molecule has 0 aliphatic carbocycles. The fraction of sp³-hybridized carbons (Fsp3) is 0.529. The number of nitrogens with one attached hydrogen (secondary N) is 1. The summed E-state index contributed by atoms with van der Waals surface area (Å²) < 4.78 is 10.2. The van der Waals surface area contributed by atoms with Crippen molar-refractivity contribution in [3.05, 3.63) is 41.6 Å². The Morgan fingerprint density at radius 1 is 1.11 bits per heavy atom. The number of rotatable bonds is 3. The summed E-state index contributed by atoms with van der Waals surface area (Å²) in [6.07, 6.45) is 6.39. The number of benzene rings is 1. The third-order valence-electron chi connectivity index (χ3n) is 9.31. The number of nitrogens with zero attached hydrogens (tertiary/aromatic N) is 5. The van der Waals surface area contributed by atoms with E-state index in [0.717, 1.165) is 78.8 Å². The number of amides is 2. The van der Waals surface area contributed by atoms with Crippen LogP contribution in [0.15, 0.2) is 30.3 Å². The lowest BCUT2D eigenvalue weighted by Gasteiger charge is -2.30. The van der Waals surface area contributed by atoms with Crippen molar-refractivity contribution in [2.75, 3.05) is 20.2 Å². The molecule has 6 rings (SSSR count). The topological polar surface area (TPSA) is 120 Å². The first-order valence-electron chi connectivity index (χ1n) is 15.9. The minimum Gasteiger partial charge on any atom is -0.494 e. The van der Waals surface area contributed by atoms with Crippen molar-refractivity contribution < 1.29 is 14.3 Å². The Kier molecular flexibility index (Phi) is 8.13. The van der Waals surface area contributed by atoms with Gasteiger partial charge in [0.15, 0.2) is 5.82 Å². The molecular weight excluding hydrogens is 554 g/mol. The first-order valence-corrected chi connectivity index (χ1v) is 15.9. The molecule has 2 bridgehead atoms. The van der Waals surface area contributed by atoms with E-state index in [-0.39, 0.29) is 29.3 Å². The number of aryl methyl sites for hydroxylation is 1. The maximum atomic E-state index is 13.5. The van der Waals surface area contributed by atoms with Crippen LogP contribution >= 0.6 is 0 Å². The Bertz CT molecular complexity index is 1720. The van der Waals surface area contributed by atoms with Crippen LogP contribution in [0, 0.1) is 5.41 Å². The third-order valence-corrected chi connectivity index (χ3v) is 9.31. The maximum absolute atomic E-state index is 13.5. The van der Waals surface area contributed by atoms with E-state index < -0.39 is 0 Å². The molecule has 1 aromatic carbocycles. The van der Waals surface area contributed by atoms with Crippen molar-refractivity contribution in [3.63, 3.8) is 0 Å². The molecule has 3 aromatic heterocycles. The summed E-state index contributed by atoms with van der Waals surface area (Å²) in [7, 11) is 3.63. The number of carbonyl (C=O) groups excluding carboxylic acids is 2. The Morgan fingerprint density at radius 2 is 1.93 bits per heavy atom. The van der Waals surface area contributed by atoms with Crippen LogP contribution in [-0.2, 0) is 18.4 Å². The number of aromatic nitrogens is 4. The lowest BCUT2D eigenvalue weighted by atomic mass is 9.86. The molecule has 0 radical (unpaired) electrons. The number of likely N-dealkylation sites (tertiary alicyclic amines) is 1. The van der Waals surface area contributed by atoms with Gasteiger partial charge in [0.25, 0.3) is 5.91 Å². The van der Waals surface area contributed by atoms with Crippen LogP contribution in [0.25, 0.3) is 33.6 Å². The monoisotopic (exact) mass is 599 g/mol. The summed E-state index contributed by atoms with van der Waals surface area (Å²) in [5.41, 5.74) is 10.9. The van der Waals surface area contributed by atoms with Crippen LogP contribution in [0.4, 0.5) is 0 Å². The SMILES string of the molecule is COc1cc(C(=O)N2CCC[C@@H](N)C2)cc2nc(-c3cc4ccc5nc4n3CC(C)(C)CCCCCC(=O)N[C@@H]5C)n(C)c12. The largest absolute Gasteiger partial charge is 0.494 e. The Labute approximate surface area is 259 Å². The van der Waals surface area contributed by atoms with Crippen LogP contribution in [0.5, 0.6) is 5.75 Å². The quantitative estimate of drug-likeness (QED) is 0.329. The fourth-order valence-corrected chi connectivity index (χ4v) is 6.88. The van der Waals surface area contributed by atoms with E-state index in [1.807, 2.05) is 37.1 Å². The number of methoxy groups -OCH3 is 1. The number of carbonyl (C=O) groups is 2. The van der Waals surface area contributed by atoms with Gasteiger partial charge in [-0.1, -0.05) is 26.7 Å². The van der Waals surface area contributed by atoms with Gasteiger partial charge in [-0.25, -0.2) is 9.97 Å². The predicted molar refractivity (Wildman–Crippen MR) is 173 cm³/mol. The number of piperidine rings is 1. The zero-order valence-electron chi connectivity index (χ0n) is 26.7. The number of fused-ring (bicyclic) bond motifs is 2. The van der Waals surface area contributed by atoms with E-state index in [1.165, 1.54) is 0 Å². The second kappa shape index (κ2) is 11.9. The van der Waals surface area contributed by atoms with Gasteiger partial charge < -0.3 is 29.8 Å². The number of ether oxygens (including phenoxy) is 1. The highest BCUT2D eigenvalue weighted by Crippen LogP contribution is 2.37. The highest BCUT2D eigenvalue weighted by atomic mass is 16.5. The molecule has 44 heavy (non-hydrogen) atoms. The van der Waals surface area contributed by atoms with Gasteiger partial charge in [0.2, 0.25) is 5.91 Å². The molecule has 0 saturated carbocycles. The summed E-state index contributed by atoms with van der Waals surface area (Å²) in [6, 6.07) is 9.74. The normalized spacial score (nSPS) is 21.4. The predicted octanol–water partition coefficient (Wildman–Crippen LogP) is 5.33. The van der Waals surface area contributed by atoms with Crippen molar-refractivity contribution in [3.8, 4) is 17.3 Å². The zero-order chi connectivity index (χ0) is 31.2. The van der Waals surface area contributed by atoms with Crippen molar-refractivity contribution in [1.29, 1.82) is 0 Å². The van der Waals surface area contributed by atoms with Gasteiger partial charge in [-0.3, -0.25) is 9.59 Å². The molecular formula is C34H45N7O3. The molecule has 234 valence electrons. The standard InChI is InChI=1S/C34H45N7O3/c1-21-25-13-12-22-17-27(41(31(22)37-25)20-34(2,3)14-8-6-7-11-29(42)36-21)32-38-26-16-23(18-28(44-5)30(26)39(32)4)33(43)40-15-9-10-24(35)19-40/h12-13,16-18,21,24H,6-11,14-15,19-20,35H2,1-5H3,(H,36,42)/t21-,24-/m1/s1. The van der Waals surface area contributed by atoms with Gasteiger partial charge in [-0.15, -0.1) is 0 Å². The van der Waals surface area contributed by atoms with Crippen molar-refractivity contribution in [2.24, 2.45) is 18.2 Å². The Hall–Kier alpha value is -3.92. The number of hydrogen-bond donors (Lipinski definition) is 2. The number of hydrogen-bond acceptors (Lipinski definition) is 6. The summed E-state index contributed by atoms with van der Waals surface area (Å²) in [5.74, 6) is 1.41. The first kappa shape index (κ1) is 30.1. The molecule has 10 heteroatoms. The van der Waals surface area contributed by atoms with E-state index in [1.54, 1.807) is 7.11 Å². The minimum absolute atomic E-state index is 0.00201. The van der Waals surface area contributed by atoms with Gasteiger partial charge >= 0.3 is 0 Å². The summed E-state index contributed by atoms with van der Waals surface area (Å²) in [6.45, 7) is 8.62. The van der Waals surface area contributed by atoms with Crippen LogP contribution in [-0.4, -0.2) is 62.1 Å². The lowest BCUT2D eigenvalue weighted by Crippen LogP contribution is -2.45. The van der Waals surface area contributed by atoms with Gasteiger partial charge in [-0.05, 0) is 68.4 Å². The lowest BCUT2D eigenvalue weighted by molar-refractivity contribution is -0.121. The van der Waals surface area contributed by atoms with Crippen LogP contribution < -0.4 is 15.8 Å². The van der Waals surface area contributed by atoms with Crippen LogP contribution in [0.1, 0.15) is 87.8 Å². The molecule has 10 nitrogen and oxygen atoms in total. The van der Waals surface area contributed by atoms with E-state index in [2.05, 4.69) is 40.4 Å². The molecule has 2 aliphatic rings. The van der Waals surface area contributed by atoms with Gasteiger partial charge in [-0.2, -0.15) is 0 Å². The average molecular weight is 600 g/mol. The number of nitrogens with two attached hydrogens (primary N) is 1. The van der Waals surface area contributed by atoms with E-state index >= 15 is 0 Å². The van der Waals surface area contributed by atoms with Crippen LogP contribution in [0.2, 0.25) is 0 Å². The summed E-state index contributed by atoms with van der Waals surface area (Å²) >= 11 is 0. The van der Waals surface area contributed by atoms with Crippen molar-refractivity contribution >= 4 is 33.9 Å². The summed E-state index contributed by atoms with van der Waals surface area (Å²) in [4.78, 5) is 38.2. The molecule has 2 aliphatic heterocycles. The highest BCUT2D eigenvalue weighted by Gasteiger charge is 2.28. The minimum atomic E-state index is -0.194. The molecule has 2 atom stereocenters. The maximum Gasteiger partial charge on any atom is 0.254 e. The molecule has 0 unspecified atom stereocenters. The molecule has 5 heterocycles. The number of pyridine rings is 1. The smallest absolute Gasteiger partial charge is 0.254 e. The zero-order valence-corrected chi connectivity index (χ0v) is 26.7. The van der Waals surface area contributed by atoms with E-state index in [0.29, 0.717) is 36.3 Å². The second-order valence-electron chi connectivity index (χ2n) is 13.5. The summed E-state index contributed by atoms with van der Waals surface area (Å²) in [5, 5.41) is 4.15. The molecule has 1 saturated heterocycles. The fourth-order valence-electron chi connectivity index (χ4n) is 6.88. The Balaban J connectivity index is 1.48. The number of imidazole rings is 1. The first-order chi connectivity index (χ1) is 21.0. The molecule has 2 amide bonds. The molecule has 0 spiro atoms. The molecule has 1 fully saturated rings. The van der Waals surface area contributed by atoms with Crippen molar-refractivity contribution in [2.45, 2.75) is 84.3 Å². The Morgan fingerprint density at radius 3 is 2.70 bits per heavy atom. The van der Waals surface area contributed by atoms with Crippen LogP contribution in [0.3, 0.4) is 0 Å². The average Bonchev–Trinajstić information content (AvgIpc) is 3.51.